The van der Waals surface area contributed by atoms with Crippen LogP contribution in [0.4, 0.5) is 5.13 Å². The van der Waals surface area contributed by atoms with Gasteiger partial charge in [-0.15, -0.1) is 0 Å². The molecule has 138 valence electrons. The number of nitrogens with zero attached hydrogens (tertiary/aromatic N) is 3. The van der Waals surface area contributed by atoms with Crippen LogP contribution < -0.4 is 4.74 Å². The third-order valence-corrected chi connectivity index (χ3v) is 5.02. The van der Waals surface area contributed by atoms with Gasteiger partial charge in [0.05, 0.1) is 7.11 Å². The lowest BCUT2D eigenvalue weighted by Gasteiger charge is -2.18. The molecule has 0 aliphatic rings. The molecule has 0 atom stereocenters. The molecule has 4 rings (SSSR count). The van der Waals surface area contributed by atoms with Crippen LogP contribution in [0.2, 0.25) is 5.02 Å². The summed E-state index contributed by atoms with van der Waals surface area (Å²) in [5.74, 6) is 1.48. The zero-order valence-corrected chi connectivity index (χ0v) is 16.6. The van der Waals surface area contributed by atoms with Crippen LogP contribution in [0.5, 0.6) is 5.75 Å². The summed E-state index contributed by atoms with van der Waals surface area (Å²) in [5, 5.41) is 6.01. The van der Waals surface area contributed by atoms with Crippen LogP contribution in [0.1, 0.15) is 0 Å². The number of benzene rings is 2. The van der Waals surface area contributed by atoms with Crippen LogP contribution in [0, 0.1) is 0 Å². The van der Waals surface area contributed by atoms with Gasteiger partial charge in [-0.25, -0.2) is 0 Å². The highest BCUT2D eigenvalue weighted by atomic mass is 35.5. The fraction of sp³-hybridized carbons (Fsp3) is 0.150. The van der Waals surface area contributed by atoms with Crippen molar-refractivity contribution in [3.8, 4) is 28.3 Å². The number of rotatable bonds is 5. The quantitative estimate of drug-likeness (QED) is 0.366. The first kappa shape index (κ1) is 17.9. The normalized spacial score (nSPS) is 11.3. The number of methoxy groups -OCH3 is 1. The van der Waals surface area contributed by atoms with Gasteiger partial charge in [0, 0.05) is 26.8 Å². The van der Waals surface area contributed by atoms with E-state index in [1.165, 1.54) is 11.3 Å². The fourth-order valence-corrected chi connectivity index (χ4v) is 3.74. The number of fused-ring (bicyclic) bond motifs is 1. The van der Waals surface area contributed by atoms with Crippen LogP contribution in [0.3, 0.4) is 0 Å². The SMILES string of the molecule is COc1ccc2oc(-c3csc([N-]N(C)C)n3)c(-c3ccc(Cl)cc3)c2c1. The molecular weight excluding hydrogens is 382 g/mol. The molecule has 2 aromatic carbocycles. The lowest BCUT2D eigenvalue weighted by molar-refractivity contribution is 0.415. The minimum Gasteiger partial charge on any atom is -0.497 e. The molecule has 0 bridgehead atoms. The Hall–Kier alpha value is -2.54. The van der Waals surface area contributed by atoms with Crippen LogP contribution in [0.15, 0.2) is 52.3 Å². The molecule has 0 saturated heterocycles. The Bertz CT molecular complexity index is 1090. The van der Waals surface area contributed by atoms with Gasteiger partial charge >= 0.3 is 0 Å². The lowest BCUT2D eigenvalue weighted by Crippen LogP contribution is -2.01. The summed E-state index contributed by atoms with van der Waals surface area (Å²) < 4.78 is 11.6. The van der Waals surface area contributed by atoms with Gasteiger partial charge in [0.25, 0.3) is 0 Å². The average Bonchev–Trinajstić information content (AvgIpc) is 3.25. The Kier molecular flexibility index (Phi) is 4.78. The third kappa shape index (κ3) is 3.51. The standard InChI is InChI=1S/C20H17ClN3O2S/c1-24(2)23-20-22-16(11-27-20)19-18(12-4-6-13(21)7-5-12)15-10-14(25-3)8-9-17(15)26-19/h4-11H,1-3H3/q-1. The second-order valence-electron chi connectivity index (χ2n) is 6.14. The van der Waals surface area contributed by atoms with Crippen LogP contribution in [-0.4, -0.2) is 31.2 Å². The maximum atomic E-state index is 6.19. The molecule has 0 aliphatic carbocycles. The number of thiazole rings is 1. The molecule has 0 aliphatic heterocycles. The molecule has 27 heavy (non-hydrogen) atoms. The largest absolute Gasteiger partial charge is 0.497 e. The maximum Gasteiger partial charge on any atom is 0.140 e. The molecule has 2 heterocycles. The summed E-state index contributed by atoms with van der Waals surface area (Å²) in [6, 6.07) is 13.5. The van der Waals surface area contributed by atoms with Crippen LogP contribution in [-0.2, 0) is 0 Å². The van der Waals surface area contributed by atoms with E-state index >= 15 is 0 Å². The first-order chi connectivity index (χ1) is 13.0. The monoisotopic (exact) mass is 398 g/mol. The van der Waals surface area contributed by atoms with E-state index in [2.05, 4.69) is 10.4 Å². The summed E-state index contributed by atoms with van der Waals surface area (Å²) in [4.78, 5) is 4.62. The van der Waals surface area contributed by atoms with Gasteiger partial charge < -0.3 is 19.6 Å². The molecule has 0 spiro atoms. The molecule has 0 saturated carbocycles. The first-order valence-electron chi connectivity index (χ1n) is 8.26. The molecular formula is C20H17ClN3O2S-. The second-order valence-corrected chi connectivity index (χ2v) is 7.41. The van der Waals surface area contributed by atoms with Crippen molar-refractivity contribution in [3.63, 3.8) is 0 Å². The topological polar surface area (TPSA) is 52.6 Å². The maximum absolute atomic E-state index is 6.19. The van der Waals surface area contributed by atoms with Crippen LogP contribution in [0.25, 0.3) is 39.0 Å². The number of halogens is 1. The van der Waals surface area contributed by atoms with Crippen LogP contribution >= 0.6 is 22.9 Å². The van der Waals surface area contributed by atoms with Crippen molar-refractivity contribution < 1.29 is 9.15 Å². The Morgan fingerprint density at radius 3 is 2.63 bits per heavy atom. The molecule has 0 fully saturated rings. The Labute approximate surface area is 166 Å². The number of hydrogen-bond donors (Lipinski definition) is 0. The highest BCUT2D eigenvalue weighted by Gasteiger charge is 2.18. The van der Waals surface area contributed by atoms with E-state index in [1.807, 2.05) is 61.9 Å². The van der Waals surface area contributed by atoms with Crippen molar-refractivity contribution >= 4 is 39.0 Å². The number of hydrogen-bond acceptors (Lipinski definition) is 5. The molecule has 2 aromatic heterocycles. The fourth-order valence-electron chi connectivity index (χ4n) is 2.87. The Balaban J connectivity index is 1.92. The third-order valence-electron chi connectivity index (χ3n) is 4.04. The summed E-state index contributed by atoms with van der Waals surface area (Å²) in [7, 11) is 5.39. The van der Waals surface area contributed by atoms with E-state index in [0.29, 0.717) is 15.9 Å². The van der Waals surface area contributed by atoms with Gasteiger partial charge in [-0.2, -0.15) is 11.3 Å². The van der Waals surface area contributed by atoms with Gasteiger partial charge in [-0.05, 0) is 55.4 Å². The number of ether oxygens (including phenoxy) is 1. The van der Waals surface area contributed by atoms with Crippen molar-refractivity contribution in [3.05, 3.63) is 58.3 Å². The predicted molar refractivity (Wildman–Crippen MR) is 111 cm³/mol. The van der Waals surface area contributed by atoms with E-state index in [-0.39, 0.29) is 0 Å². The minimum absolute atomic E-state index is 0.676. The molecule has 5 nitrogen and oxygen atoms in total. The molecule has 0 unspecified atom stereocenters. The van der Waals surface area contributed by atoms with E-state index in [9.17, 15) is 0 Å². The molecule has 0 amide bonds. The zero-order chi connectivity index (χ0) is 19.0. The summed E-state index contributed by atoms with van der Waals surface area (Å²) in [6.07, 6.45) is 0. The zero-order valence-electron chi connectivity index (χ0n) is 15.1. The summed E-state index contributed by atoms with van der Waals surface area (Å²) in [5.41, 5.74) is 7.85. The van der Waals surface area contributed by atoms with E-state index < -0.39 is 0 Å². The van der Waals surface area contributed by atoms with Crippen molar-refractivity contribution in [2.24, 2.45) is 0 Å². The minimum atomic E-state index is 0.676. The number of furan rings is 1. The van der Waals surface area contributed by atoms with Crippen molar-refractivity contribution in [2.45, 2.75) is 0 Å². The smallest absolute Gasteiger partial charge is 0.140 e. The molecule has 4 aromatic rings. The van der Waals surface area contributed by atoms with Gasteiger partial charge in [-0.3, -0.25) is 5.01 Å². The average molecular weight is 399 g/mol. The van der Waals surface area contributed by atoms with E-state index in [4.69, 9.17) is 20.8 Å². The summed E-state index contributed by atoms with van der Waals surface area (Å²) >= 11 is 7.55. The molecule has 0 radical (unpaired) electrons. The van der Waals surface area contributed by atoms with Crippen molar-refractivity contribution in [1.29, 1.82) is 0 Å². The van der Waals surface area contributed by atoms with Gasteiger partial charge in [0.2, 0.25) is 0 Å². The van der Waals surface area contributed by atoms with Crippen molar-refractivity contribution in [2.75, 3.05) is 21.2 Å². The second kappa shape index (κ2) is 7.23. The van der Waals surface area contributed by atoms with Crippen molar-refractivity contribution in [1.82, 2.24) is 9.99 Å². The van der Waals surface area contributed by atoms with Gasteiger partial charge in [0.1, 0.15) is 17.1 Å². The lowest BCUT2D eigenvalue weighted by atomic mass is 10.0. The number of aromatic nitrogens is 1. The highest BCUT2D eigenvalue weighted by molar-refractivity contribution is 7.14. The molecule has 7 heteroatoms. The predicted octanol–water partition coefficient (Wildman–Crippen LogP) is 6.37. The Morgan fingerprint density at radius 1 is 1.15 bits per heavy atom. The highest BCUT2D eigenvalue weighted by Crippen LogP contribution is 2.43. The summed E-state index contributed by atoms with van der Waals surface area (Å²) in [6.45, 7) is 0. The van der Waals surface area contributed by atoms with Gasteiger partial charge in [0.15, 0.2) is 0 Å². The Morgan fingerprint density at radius 2 is 1.93 bits per heavy atom. The van der Waals surface area contributed by atoms with Gasteiger partial charge in [-0.1, -0.05) is 23.7 Å². The molecule has 0 N–H and O–H groups in total. The first-order valence-corrected chi connectivity index (χ1v) is 9.52. The van der Waals surface area contributed by atoms with E-state index in [1.54, 1.807) is 12.1 Å². The van der Waals surface area contributed by atoms with E-state index in [0.717, 1.165) is 33.5 Å².